The summed E-state index contributed by atoms with van der Waals surface area (Å²) in [6.07, 6.45) is 1.07. The summed E-state index contributed by atoms with van der Waals surface area (Å²) in [5, 5.41) is 6.39. The zero-order valence-electron chi connectivity index (χ0n) is 26.9. The normalized spacial score (nSPS) is 16.9. The number of imidazole rings is 1. The zero-order valence-corrected chi connectivity index (χ0v) is 26.9. The van der Waals surface area contributed by atoms with Gasteiger partial charge >= 0.3 is 0 Å². The molecular formula is C36H47N7O2. The fraction of sp³-hybridized carbons (Fsp3) is 0.444. The van der Waals surface area contributed by atoms with Crippen LogP contribution in [0.3, 0.4) is 0 Å². The van der Waals surface area contributed by atoms with Crippen LogP contribution in [-0.4, -0.2) is 97.7 Å². The topological polar surface area (TPSA) is 88.8 Å². The van der Waals surface area contributed by atoms with Gasteiger partial charge in [-0.05, 0) is 66.9 Å². The first-order chi connectivity index (χ1) is 21.8. The van der Waals surface area contributed by atoms with E-state index in [4.69, 9.17) is 9.72 Å². The van der Waals surface area contributed by atoms with E-state index in [1.807, 2.05) is 24.3 Å². The molecule has 3 heterocycles. The van der Waals surface area contributed by atoms with Gasteiger partial charge in [0.15, 0.2) is 0 Å². The maximum Gasteiger partial charge on any atom is 0.238 e. The smallest absolute Gasteiger partial charge is 0.238 e. The van der Waals surface area contributed by atoms with Crippen molar-refractivity contribution in [2.24, 2.45) is 0 Å². The summed E-state index contributed by atoms with van der Waals surface area (Å²) in [6.45, 7) is 16.3. The lowest BCUT2D eigenvalue weighted by Gasteiger charge is -2.36. The third kappa shape index (κ3) is 8.03. The highest BCUT2D eigenvalue weighted by Crippen LogP contribution is 2.30. The first kappa shape index (κ1) is 31.1. The number of H-pyrrole nitrogens is 1. The van der Waals surface area contributed by atoms with E-state index in [2.05, 4.69) is 93.6 Å². The number of ether oxygens (including phenoxy) is 1. The van der Waals surface area contributed by atoms with Crippen molar-refractivity contribution in [2.75, 3.05) is 82.3 Å². The number of nitrogens with zero attached hydrogens (tertiary/aromatic N) is 4. The maximum atomic E-state index is 12.5. The van der Waals surface area contributed by atoms with Gasteiger partial charge in [0, 0.05) is 57.1 Å². The Labute approximate surface area is 267 Å². The average Bonchev–Trinajstić information content (AvgIpc) is 3.32. The summed E-state index contributed by atoms with van der Waals surface area (Å²) in [5.41, 5.74) is 6.64. The molecule has 1 aromatic heterocycles. The third-order valence-corrected chi connectivity index (χ3v) is 8.84. The van der Waals surface area contributed by atoms with Gasteiger partial charge in [0.25, 0.3) is 0 Å². The number of carbonyl (C=O) groups excluding carboxylic acids is 1. The third-order valence-electron chi connectivity index (χ3n) is 8.84. The molecule has 0 atom stereocenters. The van der Waals surface area contributed by atoms with Gasteiger partial charge in [0.1, 0.15) is 23.7 Å². The molecule has 0 aliphatic carbocycles. The van der Waals surface area contributed by atoms with Crippen molar-refractivity contribution >= 4 is 28.3 Å². The molecule has 3 aromatic carbocycles. The number of rotatable bonds is 9. The summed E-state index contributed by atoms with van der Waals surface area (Å²) in [7, 11) is 0. The SMILES string of the molecule is CC(C)(C)c1ccc(-c2nc3c(N4CCN(CCOc5ccc(NC(=O)CN6CCCNCC6)cc5)CC4)cccc3[nH]2)cc1. The van der Waals surface area contributed by atoms with Crippen molar-refractivity contribution in [3.63, 3.8) is 0 Å². The van der Waals surface area contributed by atoms with Crippen LogP contribution >= 0.6 is 0 Å². The van der Waals surface area contributed by atoms with Crippen LogP contribution in [0.2, 0.25) is 0 Å². The number of fused-ring (bicyclic) bond motifs is 1. The highest BCUT2D eigenvalue weighted by Gasteiger charge is 2.21. The number of aromatic amines is 1. The van der Waals surface area contributed by atoms with Gasteiger partial charge in [-0.15, -0.1) is 0 Å². The summed E-state index contributed by atoms with van der Waals surface area (Å²) in [5.74, 6) is 1.76. The van der Waals surface area contributed by atoms with Gasteiger partial charge in [0.05, 0.1) is 17.7 Å². The van der Waals surface area contributed by atoms with Crippen molar-refractivity contribution in [2.45, 2.75) is 32.6 Å². The largest absolute Gasteiger partial charge is 0.492 e. The first-order valence-electron chi connectivity index (χ1n) is 16.3. The number of hydrogen-bond acceptors (Lipinski definition) is 7. The minimum Gasteiger partial charge on any atom is -0.492 e. The molecule has 9 heteroatoms. The number of para-hydroxylation sites is 1. The Bertz CT molecular complexity index is 1540. The van der Waals surface area contributed by atoms with Crippen molar-refractivity contribution in [1.29, 1.82) is 0 Å². The minimum absolute atomic E-state index is 0.0274. The highest BCUT2D eigenvalue weighted by atomic mass is 16.5. The molecule has 3 N–H and O–H groups in total. The lowest BCUT2D eigenvalue weighted by molar-refractivity contribution is -0.117. The summed E-state index contributed by atoms with van der Waals surface area (Å²) < 4.78 is 6.05. The van der Waals surface area contributed by atoms with Crippen LogP contribution in [0, 0.1) is 0 Å². The lowest BCUT2D eigenvalue weighted by atomic mass is 9.87. The number of aromatic nitrogens is 2. The van der Waals surface area contributed by atoms with Crippen molar-refractivity contribution in [1.82, 2.24) is 25.1 Å². The van der Waals surface area contributed by atoms with E-state index in [9.17, 15) is 4.79 Å². The van der Waals surface area contributed by atoms with Crippen molar-refractivity contribution in [3.8, 4) is 17.1 Å². The molecule has 2 aliphatic rings. The number of nitrogens with one attached hydrogen (secondary N) is 3. The molecule has 6 rings (SSSR count). The Morgan fingerprint density at radius 1 is 0.889 bits per heavy atom. The molecule has 0 bridgehead atoms. The number of amides is 1. The standard InChI is InChI=1S/C36H47N7O2/c1-36(2,3)28-10-8-27(9-11-28)35-39-31-6-4-7-32(34(31)40-35)43-22-20-41(21-23-43)24-25-45-30-14-12-29(13-15-30)38-33(44)26-42-18-5-16-37-17-19-42/h4,6-15,37H,5,16-26H2,1-3H3,(H,38,44)(H,39,40). The predicted molar refractivity (Wildman–Crippen MR) is 183 cm³/mol. The summed E-state index contributed by atoms with van der Waals surface area (Å²) in [6, 6.07) is 22.9. The predicted octanol–water partition coefficient (Wildman–Crippen LogP) is 4.96. The molecule has 238 valence electrons. The van der Waals surface area contributed by atoms with Gasteiger partial charge < -0.3 is 25.3 Å². The second-order valence-electron chi connectivity index (χ2n) is 13.2. The molecule has 9 nitrogen and oxygen atoms in total. The van der Waals surface area contributed by atoms with Crippen LogP contribution < -0.4 is 20.3 Å². The van der Waals surface area contributed by atoms with E-state index in [1.54, 1.807) is 0 Å². The molecule has 0 spiro atoms. The van der Waals surface area contributed by atoms with Crippen molar-refractivity contribution in [3.05, 3.63) is 72.3 Å². The monoisotopic (exact) mass is 609 g/mol. The fourth-order valence-electron chi connectivity index (χ4n) is 6.14. The van der Waals surface area contributed by atoms with Gasteiger partial charge in [-0.1, -0.05) is 51.1 Å². The van der Waals surface area contributed by atoms with E-state index in [0.717, 1.165) is 99.2 Å². The highest BCUT2D eigenvalue weighted by molar-refractivity contribution is 5.92. The molecule has 0 radical (unpaired) electrons. The molecule has 45 heavy (non-hydrogen) atoms. The second kappa shape index (κ2) is 14.0. The maximum absolute atomic E-state index is 12.5. The number of hydrogen-bond donors (Lipinski definition) is 3. The van der Waals surface area contributed by atoms with Crippen LogP contribution in [-0.2, 0) is 10.2 Å². The van der Waals surface area contributed by atoms with E-state index < -0.39 is 0 Å². The lowest BCUT2D eigenvalue weighted by Crippen LogP contribution is -2.47. The molecule has 2 aliphatic heterocycles. The van der Waals surface area contributed by atoms with E-state index >= 15 is 0 Å². The molecule has 2 saturated heterocycles. The summed E-state index contributed by atoms with van der Waals surface area (Å²) in [4.78, 5) is 28.2. The van der Waals surface area contributed by atoms with Crippen LogP contribution in [0.15, 0.2) is 66.7 Å². The molecule has 1 amide bonds. The number of benzene rings is 3. The van der Waals surface area contributed by atoms with Crippen LogP contribution in [0.4, 0.5) is 11.4 Å². The second-order valence-corrected chi connectivity index (χ2v) is 13.2. The Balaban J connectivity index is 0.964. The Morgan fingerprint density at radius 2 is 1.67 bits per heavy atom. The van der Waals surface area contributed by atoms with Gasteiger partial charge in [-0.2, -0.15) is 0 Å². The molecule has 0 saturated carbocycles. The van der Waals surface area contributed by atoms with E-state index in [-0.39, 0.29) is 11.3 Å². The molecular weight excluding hydrogens is 562 g/mol. The van der Waals surface area contributed by atoms with Crippen molar-refractivity contribution < 1.29 is 9.53 Å². The molecule has 2 fully saturated rings. The molecule has 0 unspecified atom stereocenters. The van der Waals surface area contributed by atoms with Crippen LogP contribution in [0.5, 0.6) is 5.75 Å². The molecule has 4 aromatic rings. The summed E-state index contributed by atoms with van der Waals surface area (Å²) >= 11 is 0. The number of piperazine rings is 1. The Kier molecular flexibility index (Phi) is 9.68. The number of anilines is 2. The van der Waals surface area contributed by atoms with Crippen LogP contribution in [0.25, 0.3) is 22.4 Å². The van der Waals surface area contributed by atoms with E-state index in [1.165, 1.54) is 11.3 Å². The Hall–Kier alpha value is -3.92. The fourth-order valence-corrected chi connectivity index (χ4v) is 6.14. The van der Waals surface area contributed by atoms with Gasteiger partial charge in [-0.25, -0.2) is 4.98 Å². The van der Waals surface area contributed by atoms with Gasteiger partial charge in [-0.3, -0.25) is 14.6 Å². The number of carbonyl (C=O) groups is 1. The zero-order chi connectivity index (χ0) is 31.2. The minimum atomic E-state index is 0.0274. The van der Waals surface area contributed by atoms with Crippen LogP contribution in [0.1, 0.15) is 32.8 Å². The van der Waals surface area contributed by atoms with E-state index in [0.29, 0.717) is 13.2 Å². The average molecular weight is 610 g/mol. The van der Waals surface area contributed by atoms with Gasteiger partial charge in [0.2, 0.25) is 5.91 Å². The quantitative estimate of drug-likeness (QED) is 0.247. The first-order valence-corrected chi connectivity index (χ1v) is 16.3. The Morgan fingerprint density at radius 3 is 2.42 bits per heavy atom.